The van der Waals surface area contributed by atoms with Crippen LogP contribution in [-0.2, 0) is 9.59 Å². The lowest BCUT2D eigenvalue weighted by molar-refractivity contribution is -0.166. The van der Waals surface area contributed by atoms with Crippen LogP contribution in [0.3, 0.4) is 0 Å². The number of urea groups is 1. The third kappa shape index (κ3) is 1.65. The van der Waals surface area contributed by atoms with Gasteiger partial charge >= 0.3 is 6.03 Å². The van der Waals surface area contributed by atoms with Crippen molar-refractivity contribution in [1.29, 1.82) is 0 Å². The van der Waals surface area contributed by atoms with E-state index in [4.69, 9.17) is 0 Å². The Morgan fingerprint density at radius 2 is 1.57 bits per heavy atom. The molecule has 1 aliphatic heterocycles. The van der Waals surface area contributed by atoms with Gasteiger partial charge < -0.3 is 0 Å². The molecule has 1 spiro atoms. The third-order valence-corrected chi connectivity index (χ3v) is 4.64. The summed E-state index contributed by atoms with van der Waals surface area (Å²) in [5.41, 5.74) is -0.463. The minimum absolute atomic E-state index is 0.309. The van der Waals surface area contributed by atoms with Crippen molar-refractivity contribution in [1.82, 2.24) is 9.80 Å². The van der Waals surface area contributed by atoms with Gasteiger partial charge in [-0.05, 0) is 30.5 Å². The van der Waals surface area contributed by atoms with Crippen LogP contribution >= 0.6 is 0 Å². The fraction of sp³-hybridized carbons (Fsp3) is 0.400. The maximum absolute atomic E-state index is 13.0. The van der Waals surface area contributed by atoms with E-state index >= 15 is 0 Å². The molecule has 0 radical (unpaired) electrons. The van der Waals surface area contributed by atoms with Gasteiger partial charge in [-0.1, -0.05) is 12.1 Å². The molecule has 2 aliphatic rings. The van der Waals surface area contributed by atoms with Gasteiger partial charge in [-0.2, -0.15) is 0 Å². The van der Waals surface area contributed by atoms with Crippen LogP contribution in [0.2, 0.25) is 0 Å². The lowest BCUT2D eigenvalue weighted by atomic mass is 9.55. The van der Waals surface area contributed by atoms with Gasteiger partial charge in [0.15, 0.2) is 0 Å². The molecule has 4 amide bonds. The molecule has 3 rings (SSSR count). The van der Waals surface area contributed by atoms with Gasteiger partial charge in [0.1, 0.15) is 11.2 Å². The van der Waals surface area contributed by atoms with Gasteiger partial charge in [0.2, 0.25) is 11.8 Å². The van der Waals surface area contributed by atoms with Crippen LogP contribution in [0.4, 0.5) is 9.18 Å². The van der Waals surface area contributed by atoms with Gasteiger partial charge in [0.25, 0.3) is 0 Å². The van der Waals surface area contributed by atoms with E-state index in [1.807, 2.05) is 0 Å². The number of amides is 4. The van der Waals surface area contributed by atoms with Crippen molar-refractivity contribution in [2.75, 3.05) is 14.1 Å². The Morgan fingerprint density at radius 1 is 1.05 bits per heavy atom. The van der Waals surface area contributed by atoms with Crippen LogP contribution in [0.5, 0.6) is 0 Å². The zero-order valence-corrected chi connectivity index (χ0v) is 11.8. The van der Waals surface area contributed by atoms with E-state index < -0.39 is 23.3 Å². The highest BCUT2D eigenvalue weighted by Crippen LogP contribution is 2.56. The third-order valence-electron chi connectivity index (χ3n) is 4.64. The predicted molar refractivity (Wildman–Crippen MR) is 71.7 cm³/mol. The van der Waals surface area contributed by atoms with Crippen LogP contribution in [0.15, 0.2) is 24.3 Å². The number of imide groups is 2. The first-order chi connectivity index (χ1) is 9.89. The molecule has 1 aromatic carbocycles. The topological polar surface area (TPSA) is 57.7 Å². The molecular weight excluding hydrogens is 275 g/mol. The first kappa shape index (κ1) is 13.7. The van der Waals surface area contributed by atoms with Crippen molar-refractivity contribution >= 4 is 17.8 Å². The fourth-order valence-electron chi connectivity index (χ4n) is 3.32. The van der Waals surface area contributed by atoms with Crippen molar-refractivity contribution < 1.29 is 18.8 Å². The Balaban J connectivity index is 2.03. The number of nitrogens with zero attached hydrogens (tertiary/aromatic N) is 2. The Labute approximate surface area is 121 Å². The van der Waals surface area contributed by atoms with Crippen molar-refractivity contribution in [3.05, 3.63) is 35.6 Å². The molecule has 1 saturated carbocycles. The summed E-state index contributed by atoms with van der Waals surface area (Å²) in [5, 5.41) is 0. The number of barbiturate groups is 1. The van der Waals surface area contributed by atoms with Crippen molar-refractivity contribution in [2.24, 2.45) is 5.41 Å². The van der Waals surface area contributed by atoms with E-state index in [1.165, 1.54) is 26.2 Å². The molecule has 1 unspecified atom stereocenters. The second-order valence-electron chi connectivity index (χ2n) is 5.63. The molecule has 0 aromatic heterocycles. The van der Waals surface area contributed by atoms with Gasteiger partial charge in [0.05, 0.1) is 0 Å². The number of carbonyl (C=O) groups is 3. The van der Waals surface area contributed by atoms with Crippen LogP contribution in [-0.4, -0.2) is 41.7 Å². The molecule has 5 nitrogen and oxygen atoms in total. The Morgan fingerprint density at radius 3 is 2.00 bits per heavy atom. The predicted octanol–water partition coefficient (Wildman–Crippen LogP) is 1.74. The first-order valence-electron chi connectivity index (χ1n) is 6.75. The summed E-state index contributed by atoms with van der Waals surface area (Å²) >= 11 is 0. The molecular formula is C15H15FN2O3. The fourth-order valence-corrected chi connectivity index (χ4v) is 3.32. The molecule has 1 aromatic rings. The highest BCUT2D eigenvalue weighted by molar-refractivity contribution is 6.20. The second kappa shape index (κ2) is 4.38. The minimum atomic E-state index is -1.21. The highest BCUT2D eigenvalue weighted by Gasteiger charge is 2.64. The summed E-state index contributed by atoms with van der Waals surface area (Å²) in [6, 6.07) is 5.21. The number of halogens is 1. The number of benzene rings is 1. The lowest BCUT2D eigenvalue weighted by Gasteiger charge is -2.52. The number of carbonyl (C=O) groups excluding carboxylic acids is 3. The summed E-state index contributed by atoms with van der Waals surface area (Å²) in [6.45, 7) is 0. The van der Waals surface area contributed by atoms with E-state index in [-0.39, 0.29) is 11.7 Å². The largest absolute Gasteiger partial charge is 0.332 e. The van der Waals surface area contributed by atoms with Crippen molar-refractivity contribution in [2.45, 2.75) is 18.8 Å². The van der Waals surface area contributed by atoms with Crippen LogP contribution in [0.25, 0.3) is 0 Å². The molecule has 110 valence electrons. The molecule has 1 atom stereocenters. The minimum Gasteiger partial charge on any atom is -0.273 e. The quantitative estimate of drug-likeness (QED) is 0.740. The highest BCUT2D eigenvalue weighted by atomic mass is 19.1. The number of rotatable bonds is 1. The summed E-state index contributed by atoms with van der Waals surface area (Å²) in [7, 11) is 2.77. The number of hydrogen-bond donors (Lipinski definition) is 0. The molecule has 1 saturated heterocycles. The van der Waals surface area contributed by atoms with Gasteiger partial charge in [0, 0.05) is 20.0 Å². The summed E-state index contributed by atoms with van der Waals surface area (Å²) in [6.07, 6.45) is 1.08. The Kier molecular flexibility index (Phi) is 2.86. The van der Waals surface area contributed by atoms with Crippen LogP contribution < -0.4 is 0 Å². The first-order valence-corrected chi connectivity index (χ1v) is 6.75. The van der Waals surface area contributed by atoms with Crippen LogP contribution in [0, 0.1) is 11.2 Å². The second-order valence-corrected chi connectivity index (χ2v) is 5.63. The molecule has 6 heteroatoms. The molecule has 1 heterocycles. The van der Waals surface area contributed by atoms with E-state index in [0.717, 1.165) is 15.4 Å². The molecule has 21 heavy (non-hydrogen) atoms. The van der Waals surface area contributed by atoms with Crippen LogP contribution in [0.1, 0.15) is 24.3 Å². The average Bonchev–Trinajstić information content (AvgIpc) is 2.45. The Hall–Kier alpha value is -2.24. The van der Waals surface area contributed by atoms with Gasteiger partial charge in [-0.15, -0.1) is 0 Å². The normalized spacial score (nSPS) is 24.5. The summed E-state index contributed by atoms with van der Waals surface area (Å²) in [5.74, 6) is -1.60. The van der Waals surface area contributed by atoms with E-state index in [0.29, 0.717) is 12.8 Å². The van der Waals surface area contributed by atoms with Gasteiger partial charge in [-0.3, -0.25) is 19.4 Å². The van der Waals surface area contributed by atoms with E-state index in [2.05, 4.69) is 0 Å². The molecule has 2 fully saturated rings. The molecule has 0 bridgehead atoms. The maximum Gasteiger partial charge on any atom is 0.332 e. The molecule has 0 N–H and O–H groups in total. The maximum atomic E-state index is 13.0. The molecule has 1 aliphatic carbocycles. The summed E-state index contributed by atoms with van der Waals surface area (Å²) in [4.78, 5) is 38.9. The van der Waals surface area contributed by atoms with Gasteiger partial charge in [-0.25, -0.2) is 9.18 Å². The smallest absolute Gasteiger partial charge is 0.273 e. The number of hydrogen-bond acceptors (Lipinski definition) is 3. The zero-order chi connectivity index (χ0) is 15.4. The zero-order valence-electron chi connectivity index (χ0n) is 11.8. The van der Waals surface area contributed by atoms with E-state index in [9.17, 15) is 18.8 Å². The van der Waals surface area contributed by atoms with Crippen molar-refractivity contribution in [3.8, 4) is 0 Å². The average molecular weight is 290 g/mol. The lowest BCUT2D eigenvalue weighted by Crippen LogP contribution is -2.67. The van der Waals surface area contributed by atoms with Crippen molar-refractivity contribution in [3.63, 3.8) is 0 Å². The Bertz CT molecular complexity index is 617. The summed E-state index contributed by atoms with van der Waals surface area (Å²) < 4.78 is 13.0. The standard InChI is InChI=1S/C15H15FN2O3/c1-17-12(19)15(13(20)18(2)14(17)21)8-7-11(15)9-3-5-10(16)6-4-9/h3-6,11H,7-8H2,1-2H3. The van der Waals surface area contributed by atoms with E-state index in [1.54, 1.807) is 12.1 Å². The SMILES string of the molecule is CN1C(=O)N(C)C(=O)C2(CCC2c2ccc(F)cc2)C1=O. The monoisotopic (exact) mass is 290 g/mol.